The maximum absolute atomic E-state index is 12.7. The first-order valence-electron chi connectivity index (χ1n) is 8.80. The molecule has 0 radical (unpaired) electrons. The third-order valence-electron chi connectivity index (χ3n) is 4.73. The number of aliphatic hydroxyl groups excluding tert-OH is 1. The van der Waals surface area contributed by atoms with Gasteiger partial charge in [-0.15, -0.1) is 0 Å². The number of β-amino-alcohol motifs (C(OH)–C–C–N with tert-alkyl or cyclic N) is 1. The van der Waals surface area contributed by atoms with Gasteiger partial charge in [-0.1, -0.05) is 12.1 Å². The molecule has 7 heteroatoms. The number of amides is 1. The highest BCUT2D eigenvalue weighted by atomic mass is 16.3. The number of aliphatic hydroxyl groups is 1. The number of nitrogens with zero attached hydrogens (tertiary/aromatic N) is 4. The van der Waals surface area contributed by atoms with Crippen LogP contribution in [-0.4, -0.2) is 44.7 Å². The molecule has 2 aromatic heterocycles. The van der Waals surface area contributed by atoms with Crippen molar-refractivity contribution in [3.8, 4) is 6.07 Å². The van der Waals surface area contributed by atoms with Crippen LogP contribution in [0.1, 0.15) is 27.9 Å². The average molecular weight is 361 g/mol. The number of fused-ring (bicyclic) bond motifs is 1. The number of nitriles is 1. The lowest BCUT2D eigenvalue weighted by atomic mass is 10.1. The first kappa shape index (κ1) is 17.2. The van der Waals surface area contributed by atoms with E-state index in [1.165, 1.54) is 6.20 Å². The lowest BCUT2D eigenvalue weighted by molar-refractivity contribution is 0.102. The van der Waals surface area contributed by atoms with Gasteiger partial charge >= 0.3 is 0 Å². The van der Waals surface area contributed by atoms with Crippen molar-refractivity contribution in [2.24, 2.45) is 0 Å². The summed E-state index contributed by atoms with van der Waals surface area (Å²) in [6, 6.07) is 13.1. The summed E-state index contributed by atoms with van der Waals surface area (Å²) >= 11 is 0. The van der Waals surface area contributed by atoms with Crippen molar-refractivity contribution >= 4 is 17.1 Å². The molecule has 136 valence electrons. The summed E-state index contributed by atoms with van der Waals surface area (Å²) < 4.78 is 1.57. The van der Waals surface area contributed by atoms with E-state index in [2.05, 4.69) is 21.4 Å². The van der Waals surface area contributed by atoms with Gasteiger partial charge in [0.15, 0.2) is 0 Å². The zero-order valence-corrected chi connectivity index (χ0v) is 14.7. The van der Waals surface area contributed by atoms with E-state index in [0.717, 1.165) is 25.1 Å². The number of carbonyl (C=O) groups excluding carboxylic acids is 1. The van der Waals surface area contributed by atoms with E-state index in [0.29, 0.717) is 28.9 Å². The molecule has 3 heterocycles. The van der Waals surface area contributed by atoms with Gasteiger partial charge in [0.25, 0.3) is 5.91 Å². The second kappa shape index (κ2) is 7.19. The molecule has 1 fully saturated rings. The average Bonchev–Trinajstić information content (AvgIpc) is 3.27. The fourth-order valence-electron chi connectivity index (χ4n) is 3.39. The van der Waals surface area contributed by atoms with Crippen molar-refractivity contribution in [2.45, 2.75) is 19.1 Å². The third-order valence-corrected chi connectivity index (χ3v) is 4.73. The van der Waals surface area contributed by atoms with Crippen LogP contribution < -0.4 is 5.32 Å². The standard InChI is InChI=1S/C20H19N5O2/c21-10-14-4-7-25-19(9-14)18(11-22-25)20(27)23-16-3-1-2-15(8-16)12-24-6-5-17(26)13-24/h1-4,7-9,11,17,26H,5-6,12-13H2,(H,23,27). The molecule has 1 amide bonds. The van der Waals surface area contributed by atoms with Gasteiger partial charge in [-0.25, -0.2) is 4.52 Å². The Bertz CT molecular complexity index is 1040. The van der Waals surface area contributed by atoms with Crippen LogP contribution in [-0.2, 0) is 6.54 Å². The smallest absolute Gasteiger partial charge is 0.259 e. The van der Waals surface area contributed by atoms with E-state index in [1.54, 1.807) is 22.8 Å². The zero-order chi connectivity index (χ0) is 18.8. The van der Waals surface area contributed by atoms with Crippen molar-refractivity contribution in [2.75, 3.05) is 18.4 Å². The largest absolute Gasteiger partial charge is 0.392 e. The molecule has 2 N–H and O–H groups in total. The molecule has 1 aliphatic rings. The Morgan fingerprint density at radius 1 is 1.37 bits per heavy atom. The highest BCUT2D eigenvalue weighted by Gasteiger charge is 2.20. The Morgan fingerprint density at radius 3 is 3.04 bits per heavy atom. The molecule has 7 nitrogen and oxygen atoms in total. The van der Waals surface area contributed by atoms with Gasteiger partial charge < -0.3 is 10.4 Å². The second-order valence-electron chi connectivity index (χ2n) is 6.75. The molecule has 1 saturated heterocycles. The maximum atomic E-state index is 12.7. The number of likely N-dealkylation sites (tertiary alicyclic amines) is 1. The third kappa shape index (κ3) is 3.67. The van der Waals surface area contributed by atoms with Gasteiger partial charge in [-0.05, 0) is 36.2 Å². The van der Waals surface area contributed by atoms with Gasteiger partial charge in [0.05, 0.1) is 35.0 Å². The van der Waals surface area contributed by atoms with Crippen LogP contribution in [0.4, 0.5) is 5.69 Å². The predicted molar refractivity (Wildman–Crippen MR) is 100 cm³/mol. The number of aromatic nitrogens is 2. The summed E-state index contributed by atoms with van der Waals surface area (Å²) in [6.07, 6.45) is 3.72. The van der Waals surface area contributed by atoms with Gasteiger partial charge in [-0.2, -0.15) is 10.4 Å². The summed E-state index contributed by atoms with van der Waals surface area (Å²) in [5.41, 5.74) is 3.27. The summed E-state index contributed by atoms with van der Waals surface area (Å²) in [5.74, 6) is -0.270. The second-order valence-corrected chi connectivity index (χ2v) is 6.75. The van der Waals surface area contributed by atoms with E-state index < -0.39 is 0 Å². The number of carbonyl (C=O) groups is 1. The molecular weight excluding hydrogens is 342 g/mol. The van der Waals surface area contributed by atoms with E-state index in [4.69, 9.17) is 5.26 Å². The fraction of sp³-hybridized carbons (Fsp3) is 0.250. The van der Waals surface area contributed by atoms with Crippen LogP contribution in [0.15, 0.2) is 48.8 Å². The molecule has 1 aromatic carbocycles. The van der Waals surface area contributed by atoms with Crippen LogP contribution in [0.2, 0.25) is 0 Å². The Kier molecular flexibility index (Phi) is 4.59. The van der Waals surface area contributed by atoms with Gasteiger partial charge in [0, 0.05) is 31.5 Å². The van der Waals surface area contributed by atoms with Crippen molar-refractivity contribution in [3.05, 3.63) is 65.5 Å². The van der Waals surface area contributed by atoms with Crippen molar-refractivity contribution in [1.82, 2.24) is 14.5 Å². The Hall–Kier alpha value is -3.21. The summed E-state index contributed by atoms with van der Waals surface area (Å²) in [4.78, 5) is 14.9. The SMILES string of the molecule is N#Cc1ccn2ncc(C(=O)Nc3cccc(CN4CCC(O)C4)c3)c2c1. The van der Waals surface area contributed by atoms with Crippen molar-refractivity contribution in [1.29, 1.82) is 5.26 Å². The van der Waals surface area contributed by atoms with Crippen LogP contribution in [0.25, 0.3) is 5.52 Å². The van der Waals surface area contributed by atoms with Gasteiger partial charge in [0.2, 0.25) is 0 Å². The molecule has 4 rings (SSSR count). The summed E-state index contributed by atoms with van der Waals surface area (Å²) in [7, 11) is 0. The van der Waals surface area contributed by atoms with Crippen LogP contribution in [0, 0.1) is 11.3 Å². The number of rotatable bonds is 4. The Morgan fingerprint density at radius 2 is 2.26 bits per heavy atom. The number of hydrogen-bond donors (Lipinski definition) is 2. The number of benzene rings is 1. The highest BCUT2D eigenvalue weighted by molar-refractivity contribution is 6.08. The first-order chi connectivity index (χ1) is 13.1. The normalized spacial score (nSPS) is 17.1. The topological polar surface area (TPSA) is 93.7 Å². The molecule has 0 saturated carbocycles. The number of nitrogens with one attached hydrogen (secondary N) is 1. The predicted octanol–water partition coefficient (Wildman–Crippen LogP) is 2.02. The van der Waals surface area contributed by atoms with Gasteiger partial charge in [-0.3, -0.25) is 9.69 Å². The van der Waals surface area contributed by atoms with Crippen LogP contribution >= 0.6 is 0 Å². The number of pyridine rings is 1. The van der Waals surface area contributed by atoms with E-state index in [9.17, 15) is 9.90 Å². The molecule has 0 spiro atoms. The minimum Gasteiger partial charge on any atom is -0.392 e. The molecule has 1 unspecified atom stereocenters. The lowest BCUT2D eigenvalue weighted by Crippen LogP contribution is -2.21. The van der Waals surface area contributed by atoms with Gasteiger partial charge in [0.1, 0.15) is 0 Å². The minimum atomic E-state index is -0.270. The van der Waals surface area contributed by atoms with E-state index in [1.807, 2.05) is 24.3 Å². The van der Waals surface area contributed by atoms with E-state index in [-0.39, 0.29) is 12.0 Å². The molecule has 1 atom stereocenters. The van der Waals surface area contributed by atoms with Crippen molar-refractivity contribution in [3.63, 3.8) is 0 Å². The lowest BCUT2D eigenvalue weighted by Gasteiger charge is -2.15. The molecule has 0 bridgehead atoms. The quantitative estimate of drug-likeness (QED) is 0.742. The maximum Gasteiger partial charge on any atom is 0.259 e. The number of anilines is 1. The highest BCUT2D eigenvalue weighted by Crippen LogP contribution is 2.19. The van der Waals surface area contributed by atoms with Crippen molar-refractivity contribution < 1.29 is 9.90 Å². The first-order valence-corrected chi connectivity index (χ1v) is 8.80. The number of hydrogen-bond acceptors (Lipinski definition) is 5. The Balaban J connectivity index is 1.51. The Labute approximate surface area is 156 Å². The zero-order valence-electron chi connectivity index (χ0n) is 14.7. The van der Waals surface area contributed by atoms with Crippen LogP contribution in [0.5, 0.6) is 0 Å². The molecule has 0 aliphatic carbocycles. The molecular formula is C20H19N5O2. The minimum absolute atomic E-state index is 0.248. The van der Waals surface area contributed by atoms with Crippen LogP contribution in [0.3, 0.4) is 0 Å². The monoisotopic (exact) mass is 361 g/mol. The summed E-state index contributed by atoms with van der Waals surface area (Å²) in [6.45, 7) is 2.30. The molecule has 1 aliphatic heterocycles. The molecule has 27 heavy (non-hydrogen) atoms. The van der Waals surface area contributed by atoms with E-state index >= 15 is 0 Å². The molecule has 3 aromatic rings. The fourth-order valence-corrected chi connectivity index (χ4v) is 3.39. The summed E-state index contributed by atoms with van der Waals surface area (Å²) in [5, 5.41) is 25.8.